The van der Waals surface area contributed by atoms with E-state index in [-0.39, 0.29) is 24.0 Å². The number of ether oxygens (including phenoxy) is 1. The molecule has 150 valence electrons. The van der Waals surface area contributed by atoms with Gasteiger partial charge in [-0.1, -0.05) is 13.8 Å². The van der Waals surface area contributed by atoms with Gasteiger partial charge in [-0.25, -0.2) is 0 Å². The van der Waals surface area contributed by atoms with Gasteiger partial charge in [0.2, 0.25) is 0 Å². The van der Waals surface area contributed by atoms with E-state index in [4.69, 9.17) is 4.74 Å². The molecule has 1 heterocycles. The van der Waals surface area contributed by atoms with Gasteiger partial charge in [0.15, 0.2) is 5.96 Å². The predicted octanol–water partition coefficient (Wildman–Crippen LogP) is 1.86. The van der Waals surface area contributed by atoms with Crippen molar-refractivity contribution < 1.29 is 4.74 Å². The highest BCUT2D eigenvalue weighted by atomic mass is 127. The maximum atomic E-state index is 5.36. The largest absolute Gasteiger partial charge is 0.382 e. The molecule has 0 aliphatic carbocycles. The molecule has 0 aromatic heterocycles. The number of nitrogens with one attached hydrogen (secondary N) is 2. The standard InChI is InChI=1S/C18H39N5O.HI/c1-6-24-14-8-7-9-20-18(19-4)21-15-17(16(2)3)23-12-10-22(5)11-13-23;/h16-17H,6-15H2,1-5H3,(H2,19,20,21);1H. The molecule has 6 nitrogen and oxygen atoms in total. The summed E-state index contributed by atoms with van der Waals surface area (Å²) < 4.78 is 5.36. The highest BCUT2D eigenvalue weighted by Gasteiger charge is 2.24. The molecule has 0 amide bonds. The van der Waals surface area contributed by atoms with E-state index < -0.39 is 0 Å². The molecule has 1 saturated heterocycles. The van der Waals surface area contributed by atoms with Crippen molar-refractivity contribution in [2.45, 2.75) is 39.7 Å². The van der Waals surface area contributed by atoms with Crippen molar-refractivity contribution in [1.29, 1.82) is 0 Å². The van der Waals surface area contributed by atoms with E-state index in [0.29, 0.717) is 12.0 Å². The van der Waals surface area contributed by atoms with Crippen LogP contribution in [0.1, 0.15) is 33.6 Å². The van der Waals surface area contributed by atoms with E-state index in [0.717, 1.165) is 71.3 Å². The third-order valence-electron chi connectivity index (χ3n) is 4.69. The number of rotatable bonds is 10. The zero-order chi connectivity index (χ0) is 17.8. The molecule has 1 unspecified atom stereocenters. The highest BCUT2D eigenvalue weighted by molar-refractivity contribution is 14.0. The number of aliphatic imine (C=N–C) groups is 1. The van der Waals surface area contributed by atoms with Crippen molar-refractivity contribution in [1.82, 2.24) is 20.4 Å². The third kappa shape index (κ3) is 10.6. The number of hydrogen-bond donors (Lipinski definition) is 2. The summed E-state index contributed by atoms with van der Waals surface area (Å²) in [5, 5.41) is 6.92. The molecule has 7 heteroatoms. The van der Waals surface area contributed by atoms with Crippen molar-refractivity contribution in [2.24, 2.45) is 10.9 Å². The summed E-state index contributed by atoms with van der Waals surface area (Å²) in [7, 11) is 4.05. The summed E-state index contributed by atoms with van der Waals surface area (Å²) in [6.45, 7) is 14.8. The molecule has 1 aliphatic rings. The molecule has 0 spiro atoms. The first-order valence-corrected chi connectivity index (χ1v) is 9.53. The molecule has 0 aromatic carbocycles. The molecule has 0 aromatic rings. The Balaban J connectivity index is 0.00000576. The van der Waals surface area contributed by atoms with Crippen LogP contribution in [0.25, 0.3) is 0 Å². The summed E-state index contributed by atoms with van der Waals surface area (Å²) in [5.41, 5.74) is 0. The minimum Gasteiger partial charge on any atom is -0.382 e. The Labute approximate surface area is 172 Å². The second kappa shape index (κ2) is 15.0. The third-order valence-corrected chi connectivity index (χ3v) is 4.69. The predicted molar refractivity (Wildman–Crippen MR) is 118 cm³/mol. The van der Waals surface area contributed by atoms with Gasteiger partial charge in [-0.2, -0.15) is 0 Å². The van der Waals surface area contributed by atoms with Gasteiger partial charge in [0.25, 0.3) is 0 Å². The van der Waals surface area contributed by atoms with Crippen LogP contribution in [-0.4, -0.2) is 88.4 Å². The van der Waals surface area contributed by atoms with E-state index in [9.17, 15) is 0 Å². The highest BCUT2D eigenvalue weighted by Crippen LogP contribution is 2.12. The fourth-order valence-electron chi connectivity index (χ4n) is 3.04. The number of likely N-dealkylation sites (N-methyl/N-ethyl adjacent to an activating group) is 1. The van der Waals surface area contributed by atoms with Gasteiger partial charge in [-0.3, -0.25) is 9.89 Å². The van der Waals surface area contributed by atoms with Crippen LogP contribution in [0, 0.1) is 5.92 Å². The van der Waals surface area contributed by atoms with Gasteiger partial charge in [-0.05, 0) is 32.7 Å². The topological polar surface area (TPSA) is 52.1 Å². The molecule has 1 fully saturated rings. The molecule has 2 N–H and O–H groups in total. The second-order valence-corrected chi connectivity index (χ2v) is 6.93. The molecule has 25 heavy (non-hydrogen) atoms. The summed E-state index contributed by atoms with van der Waals surface area (Å²) in [5.74, 6) is 1.54. The Hall–Kier alpha value is -0.120. The van der Waals surface area contributed by atoms with Crippen molar-refractivity contribution >= 4 is 29.9 Å². The number of nitrogens with zero attached hydrogens (tertiary/aromatic N) is 3. The van der Waals surface area contributed by atoms with Crippen LogP contribution < -0.4 is 10.6 Å². The second-order valence-electron chi connectivity index (χ2n) is 6.93. The molecule has 0 radical (unpaired) electrons. The fraction of sp³-hybridized carbons (Fsp3) is 0.944. The van der Waals surface area contributed by atoms with E-state index in [1.165, 1.54) is 0 Å². The molecule has 1 rings (SSSR count). The molecule has 1 aliphatic heterocycles. The molecular formula is C18H40IN5O. The van der Waals surface area contributed by atoms with Crippen LogP contribution in [0.15, 0.2) is 4.99 Å². The minimum atomic E-state index is 0. The number of unbranched alkanes of at least 4 members (excludes halogenated alkanes) is 1. The van der Waals surface area contributed by atoms with Gasteiger partial charge >= 0.3 is 0 Å². The lowest BCUT2D eigenvalue weighted by Gasteiger charge is -2.40. The van der Waals surface area contributed by atoms with Crippen LogP contribution in [0.3, 0.4) is 0 Å². The van der Waals surface area contributed by atoms with Crippen molar-refractivity contribution in [3.8, 4) is 0 Å². The van der Waals surface area contributed by atoms with E-state index in [1.54, 1.807) is 0 Å². The zero-order valence-electron chi connectivity index (χ0n) is 16.9. The average molecular weight is 469 g/mol. The summed E-state index contributed by atoms with van der Waals surface area (Å²) in [6.07, 6.45) is 2.19. The Morgan fingerprint density at radius 2 is 1.80 bits per heavy atom. The van der Waals surface area contributed by atoms with E-state index in [2.05, 4.69) is 46.3 Å². The lowest BCUT2D eigenvalue weighted by Crippen LogP contribution is -2.55. The summed E-state index contributed by atoms with van der Waals surface area (Å²) in [6, 6.07) is 0.551. The normalized spacial score (nSPS) is 18.1. The van der Waals surface area contributed by atoms with Crippen molar-refractivity contribution in [2.75, 3.05) is 66.6 Å². The van der Waals surface area contributed by atoms with Crippen LogP contribution in [-0.2, 0) is 4.74 Å². The average Bonchev–Trinajstić information content (AvgIpc) is 2.57. The van der Waals surface area contributed by atoms with E-state index in [1.807, 2.05) is 14.0 Å². The Morgan fingerprint density at radius 1 is 1.12 bits per heavy atom. The fourth-order valence-corrected chi connectivity index (χ4v) is 3.04. The maximum absolute atomic E-state index is 5.36. The number of halogens is 1. The molecule has 0 bridgehead atoms. The summed E-state index contributed by atoms with van der Waals surface area (Å²) >= 11 is 0. The van der Waals surface area contributed by atoms with E-state index >= 15 is 0 Å². The smallest absolute Gasteiger partial charge is 0.191 e. The van der Waals surface area contributed by atoms with Gasteiger partial charge in [0, 0.05) is 65.6 Å². The minimum absolute atomic E-state index is 0. The van der Waals surface area contributed by atoms with Gasteiger partial charge in [-0.15, -0.1) is 24.0 Å². The summed E-state index contributed by atoms with van der Waals surface area (Å²) in [4.78, 5) is 9.37. The Bertz CT molecular complexity index is 346. The Morgan fingerprint density at radius 3 is 2.36 bits per heavy atom. The number of guanidine groups is 1. The van der Waals surface area contributed by atoms with Crippen LogP contribution >= 0.6 is 24.0 Å². The van der Waals surface area contributed by atoms with Gasteiger partial charge < -0.3 is 20.3 Å². The van der Waals surface area contributed by atoms with Crippen LogP contribution in [0.2, 0.25) is 0 Å². The van der Waals surface area contributed by atoms with Crippen LogP contribution in [0.4, 0.5) is 0 Å². The van der Waals surface area contributed by atoms with Crippen LogP contribution in [0.5, 0.6) is 0 Å². The first kappa shape index (κ1) is 24.9. The maximum Gasteiger partial charge on any atom is 0.191 e. The van der Waals surface area contributed by atoms with Gasteiger partial charge in [0.05, 0.1) is 0 Å². The van der Waals surface area contributed by atoms with Gasteiger partial charge in [0.1, 0.15) is 0 Å². The first-order chi connectivity index (χ1) is 11.6. The number of hydrogen-bond acceptors (Lipinski definition) is 4. The van der Waals surface area contributed by atoms with Crippen molar-refractivity contribution in [3.63, 3.8) is 0 Å². The first-order valence-electron chi connectivity index (χ1n) is 9.53. The molecule has 0 saturated carbocycles. The number of piperazine rings is 1. The monoisotopic (exact) mass is 469 g/mol. The SMILES string of the molecule is CCOCCCCNC(=NC)NCC(C(C)C)N1CCN(C)CC1.I. The zero-order valence-corrected chi connectivity index (χ0v) is 19.2. The lowest BCUT2D eigenvalue weighted by molar-refractivity contribution is 0.0900. The molecular weight excluding hydrogens is 429 g/mol. The van der Waals surface area contributed by atoms with Crippen molar-refractivity contribution in [3.05, 3.63) is 0 Å². The lowest BCUT2D eigenvalue weighted by atomic mass is 10.0. The molecule has 1 atom stereocenters. The Kier molecular flexibility index (Phi) is 14.9. The quantitative estimate of drug-likeness (QED) is 0.222.